The van der Waals surface area contributed by atoms with Crippen LogP contribution in [0.2, 0.25) is 0 Å². The van der Waals surface area contributed by atoms with Crippen molar-refractivity contribution in [3.63, 3.8) is 0 Å². The fourth-order valence-corrected chi connectivity index (χ4v) is 2.74. The van der Waals surface area contributed by atoms with Crippen molar-refractivity contribution in [3.05, 3.63) is 35.4 Å². The third-order valence-electron chi connectivity index (χ3n) is 3.63. The first-order valence-corrected chi connectivity index (χ1v) is 6.68. The molecule has 1 saturated heterocycles. The standard InChI is InChI=1S/C15H24N2/c1-12(16)10-13-5-7-14(8-6-13)15-4-3-9-17(2)11-15/h5-8,12,15H,3-4,9-11,16H2,1-2H3. The average molecular weight is 232 g/mol. The quantitative estimate of drug-likeness (QED) is 0.867. The summed E-state index contributed by atoms with van der Waals surface area (Å²) in [5, 5.41) is 0. The Balaban J connectivity index is 2.01. The van der Waals surface area contributed by atoms with Gasteiger partial charge in [0, 0.05) is 12.6 Å². The fraction of sp³-hybridized carbons (Fsp3) is 0.600. The van der Waals surface area contributed by atoms with E-state index < -0.39 is 0 Å². The molecule has 1 fully saturated rings. The summed E-state index contributed by atoms with van der Waals surface area (Å²) in [4.78, 5) is 2.43. The van der Waals surface area contributed by atoms with Gasteiger partial charge in [-0.25, -0.2) is 0 Å². The number of hydrogen-bond donors (Lipinski definition) is 1. The minimum Gasteiger partial charge on any atom is -0.328 e. The summed E-state index contributed by atoms with van der Waals surface area (Å²) in [6.07, 6.45) is 3.63. The smallest absolute Gasteiger partial charge is 0.00509 e. The van der Waals surface area contributed by atoms with Gasteiger partial charge in [0.2, 0.25) is 0 Å². The highest BCUT2D eigenvalue weighted by Gasteiger charge is 2.18. The predicted molar refractivity (Wildman–Crippen MR) is 73.3 cm³/mol. The van der Waals surface area contributed by atoms with Gasteiger partial charge in [0.15, 0.2) is 0 Å². The van der Waals surface area contributed by atoms with Crippen molar-refractivity contribution in [1.82, 2.24) is 4.90 Å². The van der Waals surface area contributed by atoms with Gasteiger partial charge in [-0.15, -0.1) is 0 Å². The van der Waals surface area contributed by atoms with Crippen LogP contribution in [0.15, 0.2) is 24.3 Å². The van der Waals surface area contributed by atoms with Crippen LogP contribution in [-0.4, -0.2) is 31.1 Å². The van der Waals surface area contributed by atoms with Gasteiger partial charge < -0.3 is 10.6 Å². The lowest BCUT2D eigenvalue weighted by Gasteiger charge is -2.30. The van der Waals surface area contributed by atoms with E-state index in [-0.39, 0.29) is 6.04 Å². The Hall–Kier alpha value is -0.860. The topological polar surface area (TPSA) is 29.3 Å². The predicted octanol–water partition coefficient (Wildman–Crippen LogP) is 2.39. The van der Waals surface area contributed by atoms with E-state index in [1.165, 1.54) is 37.1 Å². The van der Waals surface area contributed by atoms with Gasteiger partial charge in [-0.3, -0.25) is 0 Å². The summed E-state index contributed by atoms with van der Waals surface area (Å²) < 4.78 is 0. The van der Waals surface area contributed by atoms with Gasteiger partial charge in [0.05, 0.1) is 0 Å². The summed E-state index contributed by atoms with van der Waals surface area (Å²) >= 11 is 0. The maximum atomic E-state index is 5.82. The largest absolute Gasteiger partial charge is 0.328 e. The molecule has 0 aromatic heterocycles. The molecule has 0 saturated carbocycles. The number of benzene rings is 1. The van der Waals surface area contributed by atoms with Crippen molar-refractivity contribution in [2.45, 2.75) is 38.1 Å². The second-order valence-corrected chi connectivity index (χ2v) is 5.52. The Morgan fingerprint density at radius 2 is 2.06 bits per heavy atom. The Morgan fingerprint density at radius 3 is 2.65 bits per heavy atom. The van der Waals surface area contributed by atoms with Crippen molar-refractivity contribution in [2.24, 2.45) is 5.73 Å². The maximum Gasteiger partial charge on any atom is 0.00509 e. The fourth-order valence-electron chi connectivity index (χ4n) is 2.74. The molecule has 1 aliphatic rings. The van der Waals surface area contributed by atoms with Gasteiger partial charge in [-0.05, 0) is 56.8 Å². The number of nitrogens with two attached hydrogens (primary N) is 1. The summed E-state index contributed by atoms with van der Waals surface area (Å²) in [7, 11) is 2.22. The lowest BCUT2D eigenvalue weighted by molar-refractivity contribution is 0.251. The summed E-state index contributed by atoms with van der Waals surface area (Å²) in [6.45, 7) is 4.51. The second kappa shape index (κ2) is 5.65. The van der Waals surface area contributed by atoms with Gasteiger partial charge in [0.25, 0.3) is 0 Å². The lowest BCUT2D eigenvalue weighted by atomic mass is 9.90. The van der Waals surface area contributed by atoms with E-state index in [0.29, 0.717) is 0 Å². The molecule has 2 N–H and O–H groups in total. The zero-order valence-electron chi connectivity index (χ0n) is 11.0. The molecule has 1 aromatic rings. The zero-order valence-corrected chi connectivity index (χ0v) is 11.0. The number of nitrogens with zero attached hydrogens (tertiary/aromatic N) is 1. The Labute approximate surface area is 105 Å². The molecule has 0 spiro atoms. The molecular weight excluding hydrogens is 208 g/mol. The molecule has 2 nitrogen and oxygen atoms in total. The third kappa shape index (κ3) is 3.55. The Morgan fingerprint density at radius 1 is 1.35 bits per heavy atom. The van der Waals surface area contributed by atoms with E-state index in [1.807, 2.05) is 0 Å². The highest BCUT2D eigenvalue weighted by molar-refractivity contribution is 5.26. The van der Waals surface area contributed by atoms with Crippen molar-refractivity contribution in [3.8, 4) is 0 Å². The van der Waals surface area contributed by atoms with E-state index in [2.05, 4.69) is 43.1 Å². The van der Waals surface area contributed by atoms with Crippen LogP contribution in [0.4, 0.5) is 0 Å². The van der Waals surface area contributed by atoms with Gasteiger partial charge in [-0.2, -0.15) is 0 Å². The van der Waals surface area contributed by atoms with Gasteiger partial charge >= 0.3 is 0 Å². The highest BCUT2D eigenvalue weighted by atomic mass is 15.1. The monoisotopic (exact) mass is 232 g/mol. The highest BCUT2D eigenvalue weighted by Crippen LogP contribution is 2.26. The normalized spacial score (nSPS) is 23.6. The molecule has 0 aliphatic carbocycles. The number of likely N-dealkylation sites (N-methyl/N-ethyl adjacent to an activating group) is 1. The summed E-state index contributed by atoms with van der Waals surface area (Å²) in [5.74, 6) is 0.720. The van der Waals surface area contributed by atoms with Crippen LogP contribution < -0.4 is 5.73 Å². The van der Waals surface area contributed by atoms with E-state index >= 15 is 0 Å². The van der Waals surface area contributed by atoms with Crippen LogP contribution in [-0.2, 0) is 6.42 Å². The molecule has 1 aromatic carbocycles. The molecule has 0 amide bonds. The summed E-state index contributed by atoms with van der Waals surface area (Å²) in [6, 6.07) is 9.32. The van der Waals surface area contributed by atoms with Crippen molar-refractivity contribution < 1.29 is 0 Å². The first kappa shape index (κ1) is 12.6. The first-order chi connectivity index (χ1) is 8.15. The number of piperidine rings is 1. The van der Waals surface area contributed by atoms with Crippen LogP contribution in [0.3, 0.4) is 0 Å². The Kier molecular flexibility index (Phi) is 4.19. The minimum atomic E-state index is 0.252. The number of rotatable bonds is 3. The van der Waals surface area contributed by atoms with E-state index in [9.17, 15) is 0 Å². The molecule has 2 atom stereocenters. The zero-order chi connectivity index (χ0) is 12.3. The first-order valence-electron chi connectivity index (χ1n) is 6.68. The summed E-state index contributed by atoms with van der Waals surface area (Å²) in [5.41, 5.74) is 8.66. The van der Waals surface area contributed by atoms with Crippen molar-refractivity contribution >= 4 is 0 Å². The molecule has 1 aliphatic heterocycles. The van der Waals surface area contributed by atoms with Crippen LogP contribution in [0.5, 0.6) is 0 Å². The van der Waals surface area contributed by atoms with Gasteiger partial charge in [0.1, 0.15) is 0 Å². The van der Waals surface area contributed by atoms with Crippen molar-refractivity contribution in [1.29, 1.82) is 0 Å². The minimum absolute atomic E-state index is 0.252. The molecule has 0 radical (unpaired) electrons. The lowest BCUT2D eigenvalue weighted by Crippen LogP contribution is -2.30. The molecule has 2 rings (SSSR count). The van der Waals surface area contributed by atoms with E-state index in [4.69, 9.17) is 5.73 Å². The second-order valence-electron chi connectivity index (χ2n) is 5.52. The van der Waals surface area contributed by atoms with Crippen LogP contribution in [0.1, 0.15) is 36.8 Å². The molecule has 0 bridgehead atoms. The van der Waals surface area contributed by atoms with Crippen LogP contribution in [0.25, 0.3) is 0 Å². The number of likely N-dealkylation sites (tertiary alicyclic amines) is 1. The third-order valence-corrected chi connectivity index (χ3v) is 3.63. The SMILES string of the molecule is CC(N)Cc1ccc(C2CCCN(C)C2)cc1. The van der Waals surface area contributed by atoms with Crippen LogP contribution >= 0.6 is 0 Å². The molecule has 2 heteroatoms. The molecule has 94 valence electrons. The molecular formula is C15H24N2. The van der Waals surface area contributed by atoms with Crippen LogP contribution in [0, 0.1) is 0 Å². The number of hydrogen-bond acceptors (Lipinski definition) is 2. The average Bonchev–Trinajstić information content (AvgIpc) is 2.29. The van der Waals surface area contributed by atoms with Gasteiger partial charge in [-0.1, -0.05) is 24.3 Å². The maximum absolute atomic E-state index is 5.82. The van der Waals surface area contributed by atoms with E-state index in [1.54, 1.807) is 0 Å². The van der Waals surface area contributed by atoms with Crippen molar-refractivity contribution in [2.75, 3.05) is 20.1 Å². The molecule has 1 heterocycles. The van der Waals surface area contributed by atoms with E-state index in [0.717, 1.165) is 12.3 Å². The molecule has 17 heavy (non-hydrogen) atoms. The molecule has 2 unspecified atom stereocenters. The Bertz CT molecular complexity index is 342.